The highest BCUT2D eigenvalue weighted by Crippen LogP contribution is 2.49. The number of aliphatic hydroxyl groups excluding tert-OH is 1. The molecule has 3 amide bonds. The van der Waals surface area contributed by atoms with E-state index in [4.69, 9.17) is 0 Å². The molecule has 9 nitrogen and oxygen atoms in total. The molecule has 1 aromatic carbocycles. The molecule has 2 heterocycles. The lowest BCUT2D eigenvalue weighted by Crippen LogP contribution is -2.67. The van der Waals surface area contributed by atoms with Crippen LogP contribution in [0, 0.1) is 11.8 Å². The Kier molecular flexibility index (Phi) is 7.41. The second-order valence-electron chi connectivity index (χ2n) is 12.5. The quantitative estimate of drug-likeness (QED) is 0.415. The first-order valence-corrected chi connectivity index (χ1v) is 15.0. The van der Waals surface area contributed by atoms with Crippen LogP contribution in [0.4, 0.5) is 0 Å². The van der Waals surface area contributed by atoms with Gasteiger partial charge in [-0.3, -0.25) is 19.3 Å². The number of piperazine rings is 1. The fourth-order valence-corrected chi connectivity index (χ4v) is 7.67. The first-order valence-electron chi connectivity index (χ1n) is 15.0. The molecule has 2 saturated heterocycles. The van der Waals surface area contributed by atoms with Crippen molar-refractivity contribution in [1.82, 2.24) is 25.8 Å². The average Bonchev–Trinajstić information content (AvgIpc) is 3.53. The maximum absolute atomic E-state index is 14.4. The largest absolute Gasteiger partial charge is 0.390 e. The van der Waals surface area contributed by atoms with Crippen molar-refractivity contribution in [3.63, 3.8) is 0 Å². The van der Waals surface area contributed by atoms with E-state index in [-0.39, 0.29) is 29.7 Å². The Hall–Kier alpha value is -2.49. The van der Waals surface area contributed by atoms with Gasteiger partial charge in [-0.25, -0.2) is 0 Å². The van der Waals surface area contributed by atoms with Gasteiger partial charge in [-0.15, -0.1) is 0 Å². The van der Waals surface area contributed by atoms with Gasteiger partial charge in [-0.1, -0.05) is 43.5 Å². The summed E-state index contributed by atoms with van der Waals surface area (Å²) in [6.45, 7) is 2.81. The number of aliphatic hydroxyl groups is 1. The molecule has 2 saturated carbocycles. The van der Waals surface area contributed by atoms with Gasteiger partial charge in [0.15, 0.2) is 0 Å². The molecule has 212 valence electrons. The number of fused-ring (bicyclic) bond motifs is 4. The van der Waals surface area contributed by atoms with Gasteiger partial charge in [0.1, 0.15) is 12.1 Å². The summed E-state index contributed by atoms with van der Waals surface area (Å²) in [5, 5.41) is 20.0. The van der Waals surface area contributed by atoms with Gasteiger partial charge in [-0.2, -0.15) is 0 Å². The number of likely N-dealkylation sites (N-methyl/N-ethyl adjacent to an activating group) is 1. The van der Waals surface area contributed by atoms with Crippen LogP contribution in [0.3, 0.4) is 0 Å². The van der Waals surface area contributed by atoms with Crippen molar-refractivity contribution >= 4 is 17.7 Å². The zero-order chi connectivity index (χ0) is 27.3. The molecular formula is C30H43N5O4. The van der Waals surface area contributed by atoms with Crippen LogP contribution in [0.25, 0.3) is 0 Å². The number of hydrogen-bond donors (Lipinski definition) is 4. The topological polar surface area (TPSA) is 114 Å². The van der Waals surface area contributed by atoms with Gasteiger partial charge in [0.25, 0.3) is 0 Å². The van der Waals surface area contributed by atoms with Gasteiger partial charge in [0, 0.05) is 31.6 Å². The third kappa shape index (κ3) is 5.09. The normalized spacial score (nSPS) is 33.5. The molecule has 5 aliphatic rings. The van der Waals surface area contributed by atoms with Crippen LogP contribution < -0.4 is 16.0 Å². The van der Waals surface area contributed by atoms with Crippen LogP contribution in [0.1, 0.15) is 69.0 Å². The molecule has 0 unspecified atom stereocenters. The van der Waals surface area contributed by atoms with Crippen molar-refractivity contribution in [2.45, 2.75) is 101 Å². The summed E-state index contributed by atoms with van der Waals surface area (Å²) < 4.78 is 0. The Balaban J connectivity index is 1.26. The van der Waals surface area contributed by atoms with E-state index in [1.54, 1.807) is 18.9 Å². The Morgan fingerprint density at radius 3 is 2.59 bits per heavy atom. The molecule has 6 rings (SSSR count). The number of piperidine rings is 1. The summed E-state index contributed by atoms with van der Waals surface area (Å²) in [5.74, 6) is 0.202. The van der Waals surface area contributed by atoms with E-state index in [0.717, 1.165) is 49.7 Å². The summed E-state index contributed by atoms with van der Waals surface area (Å²) in [5.41, 5.74) is 1.99. The molecule has 1 aromatic rings. The molecule has 4 N–H and O–H groups in total. The highest BCUT2D eigenvalue weighted by Gasteiger charge is 2.56. The van der Waals surface area contributed by atoms with Crippen LogP contribution in [-0.4, -0.2) is 89.1 Å². The van der Waals surface area contributed by atoms with Gasteiger partial charge in [0.2, 0.25) is 17.7 Å². The first-order chi connectivity index (χ1) is 18.9. The van der Waals surface area contributed by atoms with Gasteiger partial charge >= 0.3 is 0 Å². The number of carbonyl (C=O) groups excluding carboxylic acids is 3. The minimum absolute atomic E-state index is 0.0708. The van der Waals surface area contributed by atoms with Crippen molar-refractivity contribution in [3.8, 4) is 0 Å². The van der Waals surface area contributed by atoms with Crippen molar-refractivity contribution in [1.29, 1.82) is 0 Å². The number of benzene rings is 1. The highest BCUT2D eigenvalue weighted by molar-refractivity contribution is 5.93. The summed E-state index contributed by atoms with van der Waals surface area (Å²) in [6, 6.07) is 6.43. The van der Waals surface area contributed by atoms with Crippen molar-refractivity contribution in [2.75, 3.05) is 20.1 Å². The maximum atomic E-state index is 14.4. The smallest absolute Gasteiger partial charge is 0.246 e. The number of nitrogens with one attached hydrogen (secondary N) is 3. The van der Waals surface area contributed by atoms with Crippen molar-refractivity contribution in [2.24, 2.45) is 11.8 Å². The first kappa shape index (κ1) is 26.7. The molecule has 0 spiro atoms. The van der Waals surface area contributed by atoms with E-state index < -0.39 is 30.3 Å². The van der Waals surface area contributed by atoms with E-state index >= 15 is 0 Å². The van der Waals surface area contributed by atoms with Crippen LogP contribution in [-0.2, 0) is 20.8 Å². The molecule has 4 fully saturated rings. The number of amides is 3. The molecule has 39 heavy (non-hydrogen) atoms. The van der Waals surface area contributed by atoms with Crippen molar-refractivity contribution in [3.05, 3.63) is 35.4 Å². The van der Waals surface area contributed by atoms with E-state index in [9.17, 15) is 19.5 Å². The van der Waals surface area contributed by atoms with Crippen molar-refractivity contribution < 1.29 is 19.5 Å². The number of carbonyl (C=O) groups is 3. The predicted octanol–water partition coefficient (Wildman–Crippen LogP) is 1.11. The number of hydrogen-bond acceptors (Lipinski definition) is 6. The standard InChI is InChI=1S/C30H43N5O4/c1-17(31-2)28(37)32-26(18-8-4-3-5-9-18)30(39)35-15-21-12-20-13-23(20)34(21)16-24(35)29(38)33-27-22-11-7-6-10-19(22)14-25(27)36/h6-7,10-11,17-18,20-21,23-27,31,36H,3-5,8-9,12-16H2,1-2H3,(H,32,37)(H,33,38)/t17-,20-,21+,23+,24-,25-,26-,27-/m0/s1. The zero-order valence-electron chi connectivity index (χ0n) is 23.1. The molecule has 0 bridgehead atoms. The zero-order valence-corrected chi connectivity index (χ0v) is 23.1. The van der Waals surface area contributed by atoms with E-state index in [1.165, 1.54) is 6.42 Å². The third-order valence-electron chi connectivity index (χ3n) is 10.1. The lowest BCUT2D eigenvalue weighted by molar-refractivity contribution is -0.150. The predicted molar refractivity (Wildman–Crippen MR) is 147 cm³/mol. The fraction of sp³-hybridized carbons (Fsp3) is 0.700. The SMILES string of the molecule is CN[C@@H](C)C(=O)N[C@H](C(=O)N1C[C@H]2C[C@H]3C[C@H]3N2C[C@H]1C(=O)N[C@H]1c2ccccc2C[C@@H]1O)C1CCCCC1. The van der Waals surface area contributed by atoms with Gasteiger partial charge in [-0.05, 0) is 62.6 Å². The Bertz CT molecular complexity index is 1110. The molecule has 0 aromatic heterocycles. The van der Waals surface area contributed by atoms with Gasteiger partial charge < -0.3 is 26.0 Å². The maximum Gasteiger partial charge on any atom is 0.246 e. The van der Waals surface area contributed by atoms with E-state index in [2.05, 4.69) is 20.9 Å². The summed E-state index contributed by atoms with van der Waals surface area (Å²) in [4.78, 5) is 45.6. The van der Waals surface area contributed by atoms with Crippen LogP contribution in [0.2, 0.25) is 0 Å². The van der Waals surface area contributed by atoms with E-state index in [1.807, 2.05) is 24.3 Å². The minimum atomic E-state index is -0.691. The molecule has 3 aliphatic carbocycles. The Labute approximate surface area is 231 Å². The van der Waals surface area contributed by atoms with E-state index in [0.29, 0.717) is 31.5 Å². The monoisotopic (exact) mass is 537 g/mol. The summed E-state index contributed by atoms with van der Waals surface area (Å²) in [7, 11) is 1.74. The molecule has 0 radical (unpaired) electrons. The number of nitrogens with zero attached hydrogens (tertiary/aromatic N) is 2. The fourth-order valence-electron chi connectivity index (χ4n) is 7.67. The molecular weight excluding hydrogens is 494 g/mol. The van der Waals surface area contributed by atoms with Gasteiger partial charge in [0.05, 0.1) is 18.2 Å². The average molecular weight is 538 g/mol. The van der Waals surface area contributed by atoms with Crippen LogP contribution >= 0.6 is 0 Å². The summed E-state index contributed by atoms with van der Waals surface area (Å²) >= 11 is 0. The molecule has 9 heteroatoms. The Morgan fingerprint density at radius 2 is 1.82 bits per heavy atom. The number of rotatable bonds is 7. The lowest BCUT2D eigenvalue weighted by atomic mass is 9.82. The third-order valence-corrected chi connectivity index (χ3v) is 10.1. The Morgan fingerprint density at radius 1 is 1.05 bits per heavy atom. The molecule has 2 aliphatic heterocycles. The lowest BCUT2D eigenvalue weighted by Gasteiger charge is -2.46. The second-order valence-corrected chi connectivity index (χ2v) is 12.5. The van der Waals surface area contributed by atoms with Crippen LogP contribution in [0.15, 0.2) is 24.3 Å². The summed E-state index contributed by atoms with van der Waals surface area (Å²) in [6.07, 6.45) is 7.11. The van der Waals surface area contributed by atoms with Crippen LogP contribution in [0.5, 0.6) is 0 Å². The minimum Gasteiger partial charge on any atom is -0.390 e. The molecule has 8 atom stereocenters. The second kappa shape index (κ2) is 10.8. The highest BCUT2D eigenvalue weighted by atomic mass is 16.3.